The summed E-state index contributed by atoms with van der Waals surface area (Å²) in [5.41, 5.74) is 6.01. The molecule has 3 N–H and O–H groups in total. The van der Waals surface area contributed by atoms with Gasteiger partial charge >= 0.3 is 5.97 Å². The predicted octanol–water partition coefficient (Wildman–Crippen LogP) is 3.89. The Morgan fingerprint density at radius 2 is 1.62 bits per heavy atom. The average molecular weight is 758 g/mol. The van der Waals surface area contributed by atoms with Crippen molar-refractivity contribution in [3.63, 3.8) is 0 Å². The smallest absolute Gasteiger partial charge is 0.338 e. The van der Waals surface area contributed by atoms with Gasteiger partial charge in [0.1, 0.15) is 18.0 Å². The summed E-state index contributed by atoms with van der Waals surface area (Å²) in [6, 6.07) is 2.23. The molecular formula is C36H51N7O7S2. The minimum atomic E-state index is -1.50. The van der Waals surface area contributed by atoms with Crippen LogP contribution in [0.5, 0.6) is 0 Å². The number of fused-ring (bicyclic) bond motifs is 1. The minimum absolute atomic E-state index is 0.0488. The quantitative estimate of drug-likeness (QED) is 0.0394. The maximum Gasteiger partial charge on any atom is 0.338 e. The first kappa shape index (κ1) is 40.7. The van der Waals surface area contributed by atoms with Crippen LogP contribution in [-0.4, -0.2) is 74.1 Å². The number of carboxylic acids is 1. The summed E-state index contributed by atoms with van der Waals surface area (Å²) in [7, 11) is 0. The molecular weight excluding hydrogens is 707 g/mol. The van der Waals surface area contributed by atoms with E-state index in [0.717, 1.165) is 35.7 Å². The fourth-order valence-corrected chi connectivity index (χ4v) is 7.88. The topological polar surface area (TPSA) is 193 Å². The van der Waals surface area contributed by atoms with Crippen molar-refractivity contribution >= 4 is 57.9 Å². The van der Waals surface area contributed by atoms with E-state index in [9.17, 15) is 24.3 Å². The van der Waals surface area contributed by atoms with Gasteiger partial charge in [0.05, 0.1) is 23.8 Å². The highest BCUT2D eigenvalue weighted by molar-refractivity contribution is 8.00. The Morgan fingerprint density at radius 3 is 2.17 bits per heavy atom. The number of rotatable bonds is 24. The summed E-state index contributed by atoms with van der Waals surface area (Å²) in [6.45, 7) is 4.63. The number of unbranched alkanes of at least 4 members (excludes halogenated alkanes) is 13. The van der Waals surface area contributed by atoms with Crippen molar-refractivity contribution in [2.24, 2.45) is 5.16 Å². The van der Waals surface area contributed by atoms with Crippen LogP contribution in [-0.2, 0) is 30.5 Å². The number of hydrogen-bond acceptors (Lipinski definition) is 13. The van der Waals surface area contributed by atoms with Crippen molar-refractivity contribution in [2.45, 2.75) is 122 Å². The predicted molar refractivity (Wildman–Crippen MR) is 197 cm³/mol. The largest absolute Gasteiger partial charge is 0.543 e. The van der Waals surface area contributed by atoms with E-state index in [1.807, 2.05) is 0 Å². The first-order valence-electron chi connectivity index (χ1n) is 18.4. The van der Waals surface area contributed by atoms with Crippen LogP contribution in [0.3, 0.4) is 0 Å². The Kier molecular flexibility index (Phi) is 16.8. The number of aliphatic carboxylic acids is 1. The Bertz CT molecular complexity index is 1560. The first-order chi connectivity index (χ1) is 25.2. The summed E-state index contributed by atoms with van der Waals surface area (Å²) in [5.74, 6) is -3.05. The van der Waals surface area contributed by atoms with Crippen molar-refractivity contribution < 1.29 is 38.4 Å². The second-order valence-corrected chi connectivity index (χ2v) is 14.8. The first-order valence-corrected chi connectivity index (χ1v) is 20.2. The van der Waals surface area contributed by atoms with Crippen LogP contribution in [0.2, 0.25) is 0 Å². The molecule has 0 radical (unpaired) electrons. The number of carbonyl (C=O) groups excluding carboxylic acids is 4. The molecule has 0 aliphatic carbocycles. The van der Waals surface area contributed by atoms with E-state index in [-0.39, 0.29) is 41.3 Å². The summed E-state index contributed by atoms with van der Waals surface area (Å²) in [4.78, 5) is 61.2. The van der Waals surface area contributed by atoms with Crippen LogP contribution < -0.4 is 20.7 Å². The zero-order valence-electron chi connectivity index (χ0n) is 30.2. The number of carbonyl (C=O) groups is 4. The third-order valence-corrected chi connectivity index (χ3v) is 10.8. The lowest BCUT2D eigenvalue weighted by atomic mass is 10.0. The molecule has 2 aromatic heterocycles. The molecule has 284 valence electrons. The second kappa shape index (κ2) is 21.5. The molecule has 0 aromatic carbocycles. The summed E-state index contributed by atoms with van der Waals surface area (Å²) < 4.78 is 11.2. The molecule has 2 aliphatic heterocycles. The number of nitrogens with one attached hydrogen (secondary N) is 1. The number of amides is 2. The number of oxime groups is 1. The van der Waals surface area contributed by atoms with Crippen molar-refractivity contribution in [1.29, 1.82) is 0 Å². The van der Waals surface area contributed by atoms with E-state index >= 15 is 0 Å². The van der Waals surface area contributed by atoms with Gasteiger partial charge in [0.2, 0.25) is 11.5 Å². The van der Waals surface area contributed by atoms with Crippen LogP contribution in [0.25, 0.3) is 0 Å². The van der Waals surface area contributed by atoms with Crippen molar-refractivity contribution in [2.75, 3.05) is 24.7 Å². The standard InChI is InChI=1S/C36H51N7O7S2/c1-3-5-6-7-8-9-10-11-12-13-14-15-16-17-22-49-35(48)25-18-20-42(21-19-25)23-26-24-51-33-28(32(45)43(33)29(26)34(46)47)38-31(44)27(40-50-4-2)30-39-36(37)52-41-30/h18-21,28,33H,3-17,22-24H2,1-2H3,(H3-,37,38,39,41,44,46,47)/b40-27-/t28?,33-/m1/s1. The maximum atomic E-state index is 13.2. The lowest BCUT2D eigenvalue weighted by Crippen LogP contribution is -2.71. The Labute approximate surface area is 313 Å². The number of nitrogen functional groups attached to an aromatic ring is 1. The van der Waals surface area contributed by atoms with Gasteiger partial charge < -0.3 is 30.5 Å². The third-order valence-electron chi connectivity index (χ3n) is 8.91. The molecule has 2 aromatic rings. The molecule has 1 saturated heterocycles. The number of hydrogen-bond donors (Lipinski definition) is 2. The maximum absolute atomic E-state index is 13.2. The molecule has 2 aliphatic rings. The number of anilines is 1. The van der Waals surface area contributed by atoms with Crippen LogP contribution in [0, 0.1) is 0 Å². The minimum Gasteiger partial charge on any atom is -0.543 e. The molecule has 2 amide bonds. The highest BCUT2D eigenvalue weighted by atomic mass is 32.2. The molecule has 0 saturated carbocycles. The summed E-state index contributed by atoms with van der Waals surface area (Å²) >= 11 is 2.18. The molecule has 52 heavy (non-hydrogen) atoms. The van der Waals surface area contributed by atoms with E-state index in [4.69, 9.17) is 15.3 Å². The van der Waals surface area contributed by atoms with Crippen molar-refractivity contribution in [3.8, 4) is 0 Å². The molecule has 2 atom stereocenters. The van der Waals surface area contributed by atoms with Gasteiger partial charge in [-0.1, -0.05) is 95.6 Å². The van der Waals surface area contributed by atoms with E-state index in [2.05, 4.69) is 26.8 Å². The molecule has 0 bridgehead atoms. The van der Waals surface area contributed by atoms with Gasteiger partial charge in [-0.2, -0.15) is 9.36 Å². The molecule has 0 spiro atoms. The number of nitrogens with two attached hydrogens (primary N) is 1. The number of ether oxygens (including phenoxy) is 1. The summed E-state index contributed by atoms with van der Waals surface area (Å²) in [6.07, 6.45) is 21.0. The van der Waals surface area contributed by atoms with Gasteiger partial charge in [0.15, 0.2) is 24.1 Å². The number of nitrogens with zero attached hydrogens (tertiary/aromatic N) is 5. The monoisotopic (exact) mass is 757 g/mol. The molecule has 4 rings (SSSR count). The zero-order valence-corrected chi connectivity index (χ0v) is 31.8. The lowest BCUT2D eigenvalue weighted by Gasteiger charge is -2.50. The molecule has 1 unspecified atom stereocenters. The van der Waals surface area contributed by atoms with Crippen LogP contribution in [0.4, 0.5) is 5.13 Å². The number of esters is 1. The molecule has 16 heteroatoms. The van der Waals surface area contributed by atoms with E-state index in [0.29, 0.717) is 17.7 Å². The normalized spacial score (nSPS) is 17.1. The van der Waals surface area contributed by atoms with Gasteiger partial charge in [-0.15, -0.1) is 11.8 Å². The molecule has 4 heterocycles. The van der Waals surface area contributed by atoms with E-state index in [1.165, 1.54) is 82.4 Å². The van der Waals surface area contributed by atoms with Crippen molar-refractivity contribution in [1.82, 2.24) is 19.6 Å². The Hall–Kier alpha value is -4.05. The lowest BCUT2D eigenvalue weighted by molar-refractivity contribution is -0.689. The van der Waals surface area contributed by atoms with Gasteiger partial charge in [0, 0.05) is 35.0 Å². The van der Waals surface area contributed by atoms with Gasteiger partial charge in [-0.25, -0.2) is 9.36 Å². The van der Waals surface area contributed by atoms with Gasteiger partial charge in [-0.05, 0) is 13.3 Å². The second-order valence-electron chi connectivity index (χ2n) is 12.9. The number of carboxylic acid groups (broad SMARTS) is 1. The van der Waals surface area contributed by atoms with Crippen LogP contribution in [0.15, 0.2) is 41.0 Å². The van der Waals surface area contributed by atoms with Gasteiger partial charge in [0.25, 0.3) is 11.8 Å². The zero-order chi connectivity index (χ0) is 37.3. The third kappa shape index (κ3) is 11.7. The molecule has 1 fully saturated rings. The van der Waals surface area contributed by atoms with E-state index in [1.54, 1.807) is 36.0 Å². The number of pyridine rings is 1. The van der Waals surface area contributed by atoms with Crippen LogP contribution in [0.1, 0.15) is 120 Å². The fourth-order valence-electron chi connectivity index (χ4n) is 6.11. The van der Waals surface area contributed by atoms with Crippen LogP contribution >= 0.6 is 23.3 Å². The van der Waals surface area contributed by atoms with E-state index < -0.39 is 35.2 Å². The SMILES string of the molecule is CCCCCCCCCCCCCCCCOC(=O)c1cc[n+](CC2=C(C(=O)[O-])N3C(=O)C(NC(=O)/C(=N\OCC)c4nsc(N)n4)[C@H]3SC2)cc1. The number of β-lactam (4-membered cyclic amide) rings is 1. The molecule has 14 nitrogen and oxygen atoms in total. The number of aromatic nitrogens is 3. The average Bonchev–Trinajstić information content (AvgIpc) is 3.57. The fraction of sp³-hybridized carbons (Fsp3) is 0.611. The Morgan fingerprint density at radius 1 is 1.00 bits per heavy atom. The number of thioether (sulfide) groups is 1. The highest BCUT2D eigenvalue weighted by Crippen LogP contribution is 2.40. The Balaban J connectivity index is 1.19. The summed E-state index contributed by atoms with van der Waals surface area (Å²) in [5, 5.41) is 18.1. The van der Waals surface area contributed by atoms with Crippen molar-refractivity contribution in [3.05, 3.63) is 47.2 Å². The highest BCUT2D eigenvalue weighted by Gasteiger charge is 2.53. The van der Waals surface area contributed by atoms with Gasteiger partial charge in [-0.3, -0.25) is 14.5 Å².